The van der Waals surface area contributed by atoms with Gasteiger partial charge in [-0.05, 0) is 50.9 Å². The fourth-order valence-corrected chi connectivity index (χ4v) is 2.33. The van der Waals surface area contributed by atoms with Crippen LogP contribution in [0.1, 0.15) is 24.0 Å². The maximum absolute atomic E-state index is 2.36. The highest BCUT2D eigenvalue weighted by Crippen LogP contribution is 2.22. The molecule has 1 aliphatic carbocycles. The minimum Gasteiger partial charge on any atom is -0.306 e. The summed E-state index contributed by atoms with van der Waals surface area (Å²) in [6, 6.07) is 9.63. The summed E-state index contributed by atoms with van der Waals surface area (Å²) in [5, 5.41) is 0. The lowest BCUT2D eigenvalue weighted by molar-refractivity contribution is 0.277. The number of hydrogen-bond donors (Lipinski definition) is 0. The third kappa shape index (κ3) is 2.96. The van der Waals surface area contributed by atoms with Gasteiger partial charge in [-0.25, -0.2) is 0 Å². The van der Waals surface area contributed by atoms with Gasteiger partial charge < -0.3 is 4.90 Å². The second kappa shape index (κ2) is 5.53. The van der Waals surface area contributed by atoms with E-state index in [0.29, 0.717) is 0 Å². The van der Waals surface area contributed by atoms with Gasteiger partial charge in [-0.1, -0.05) is 24.3 Å². The molecule has 0 saturated heterocycles. The maximum Gasteiger partial charge on any atom is 0.0130 e. The summed E-state index contributed by atoms with van der Waals surface area (Å²) in [7, 11) is 4.39. The number of nitrogens with zero attached hydrogens (tertiary/aromatic N) is 1. The van der Waals surface area contributed by atoms with E-state index in [1.54, 1.807) is 11.1 Å². The molecule has 1 aromatic carbocycles. The van der Waals surface area contributed by atoms with E-state index in [4.69, 9.17) is 0 Å². The largest absolute Gasteiger partial charge is 0.306 e. The van der Waals surface area contributed by atoms with Crippen LogP contribution in [0.25, 0.3) is 0 Å². The number of fused-ring (bicyclic) bond motifs is 1. The zero-order chi connectivity index (χ0) is 9.97. The molecule has 2 rings (SSSR count). The van der Waals surface area contributed by atoms with Crippen LogP contribution in [0, 0.1) is 0 Å². The minimum atomic E-state index is 0. The van der Waals surface area contributed by atoms with Crippen LogP contribution in [0.4, 0.5) is 0 Å². The second-order valence-electron chi connectivity index (χ2n) is 4.48. The molecular formula is C13H20ClN. The zero-order valence-electron chi connectivity index (χ0n) is 9.57. The fraction of sp³-hybridized carbons (Fsp3) is 0.538. The molecule has 84 valence electrons. The quantitative estimate of drug-likeness (QED) is 0.665. The number of rotatable bonds is 1. The summed E-state index contributed by atoms with van der Waals surface area (Å²) in [6.07, 6.45) is 5.16. The summed E-state index contributed by atoms with van der Waals surface area (Å²) in [5.41, 5.74) is 3.13. The van der Waals surface area contributed by atoms with Crippen molar-refractivity contribution in [2.75, 3.05) is 14.1 Å². The van der Waals surface area contributed by atoms with E-state index in [1.165, 1.54) is 25.7 Å². The molecule has 0 spiro atoms. The Morgan fingerprint density at radius 2 is 1.80 bits per heavy atom. The van der Waals surface area contributed by atoms with E-state index in [-0.39, 0.29) is 12.4 Å². The van der Waals surface area contributed by atoms with Crippen LogP contribution in [-0.4, -0.2) is 25.0 Å². The highest BCUT2D eigenvalue weighted by molar-refractivity contribution is 5.85. The van der Waals surface area contributed by atoms with E-state index < -0.39 is 0 Å². The third-order valence-electron chi connectivity index (χ3n) is 3.29. The van der Waals surface area contributed by atoms with Crippen molar-refractivity contribution in [1.82, 2.24) is 4.90 Å². The standard InChI is InChI=1S/C13H19N.ClH/c1-14(2)13-9-5-8-11-6-3-4-7-12(11)10-13;/h3-4,6-7,13H,5,8-10H2,1-2H3;1H. The number of halogens is 1. The Morgan fingerprint density at radius 1 is 1.13 bits per heavy atom. The van der Waals surface area contributed by atoms with Crippen LogP contribution < -0.4 is 0 Å². The first-order valence-electron chi connectivity index (χ1n) is 5.50. The van der Waals surface area contributed by atoms with Crippen LogP contribution >= 0.6 is 12.4 Å². The SMILES string of the molecule is CN(C)C1CCCc2ccccc2C1.Cl. The number of benzene rings is 1. The van der Waals surface area contributed by atoms with Gasteiger partial charge in [0.05, 0.1) is 0 Å². The van der Waals surface area contributed by atoms with Gasteiger partial charge in [-0.2, -0.15) is 0 Å². The van der Waals surface area contributed by atoms with E-state index in [2.05, 4.69) is 43.3 Å². The van der Waals surface area contributed by atoms with Gasteiger partial charge in [0.2, 0.25) is 0 Å². The lowest BCUT2D eigenvalue weighted by Gasteiger charge is -2.22. The topological polar surface area (TPSA) is 3.24 Å². The molecule has 0 bridgehead atoms. The van der Waals surface area contributed by atoms with Crippen molar-refractivity contribution in [2.45, 2.75) is 31.7 Å². The Labute approximate surface area is 98.9 Å². The van der Waals surface area contributed by atoms with Crippen molar-refractivity contribution in [2.24, 2.45) is 0 Å². The molecule has 1 nitrogen and oxygen atoms in total. The van der Waals surface area contributed by atoms with Crippen LogP contribution in [-0.2, 0) is 12.8 Å². The predicted octanol–water partition coefficient (Wildman–Crippen LogP) is 2.92. The molecule has 1 unspecified atom stereocenters. The minimum absolute atomic E-state index is 0. The van der Waals surface area contributed by atoms with Gasteiger partial charge in [-0.15, -0.1) is 12.4 Å². The van der Waals surface area contributed by atoms with Gasteiger partial charge in [0.25, 0.3) is 0 Å². The Morgan fingerprint density at radius 3 is 2.47 bits per heavy atom. The Hall–Kier alpha value is -0.530. The molecule has 0 aliphatic heterocycles. The zero-order valence-corrected chi connectivity index (χ0v) is 10.4. The molecule has 1 aliphatic rings. The van der Waals surface area contributed by atoms with Crippen LogP contribution in [0.2, 0.25) is 0 Å². The molecule has 0 heterocycles. The molecule has 0 radical (unpaired) electrons. The van der Waals surface area contributed by atoms with Gasteiger partial charge in [-0.3, -0.25) is 0 Å². The summed E-state index contributed by atoms with van der Waals surface area (Å²) >= 11 is 0. The molecule has 0 amide bonds. The first kappa shape index (κ1) is 12.5. The van der Waals surface area contributed by atoms with E-state index in [1.807, 2.05) is 0 Å². The Balaban J connectivity index is 0.00000112. The Kier molecular flexibility index (Phi) is 4.62. The highest BCUT2D eigenvalue weighted by atomic mass is 35.5. The van der Waals surface area contributed by atoms with Crippen molar-refractivity contribution in [3.8, 4) is 0 Å². The first-order chi connectivity index (χ1) is 6.77. The summed E-state index contributed by atoms with van der Waals surface area (Å²) in [5.74, 6) is 0. The van der Waals surface area contributed by atoms with Gasteiger partial charge >= 0.3 is 0 Å². The second-order valence-corrected chi connectivity index (χ2v) is 4.48. The van der Waals surface area contributed by atoms with Crippen LogP contribution in [0.5, 0.6) is 0 Å². The van der Waals surface area contributed by atoms with Gasteiger partial charge in [0.15, 0.2) is 0 Å². The number of aryl methyl sites for hydroxylation is 1. The monoisotopic (exact) mass is 225 g/mol. The lowest BCUT2D eigenvalue weighted by Crippen LogP contribution is -2.29. The van der Waals surface area contributed by atoms with Crippen molar-refractivity contribution >= 4 is 12.4 Å². The van der Waals surface area contributed by atoms with Crippen LogP contribution in [0.3, 0.4) is 0 Å². The average molecular weight is 226 g/mol. The maximum atomic E-state index is 2.36. The fourth-order valence-electron chi connectivity index (χ4n) is 2.33. The van der Waals surface area contributed by atoms with E-state index in [0.717, 1.165) is 6.04 Å². The predicted molar refractivity (Wildman–Crippen MR) is 67.8 cm³/mol. The smallest absolute Gasteiger partial charge is 0.0130 e. The summed E-state index contributed by atoms with van der Waals surface area (Å²) < 4.78 is 0. The van der Waals surface area contributed by atoms with Gasteiger partial charge in [0.1, 0.15) is 0 Å². The van der Waals surface area contributed by atoms with Crippen molar-refractivity contribution in [3.63, 3.8) is 0 Å². The molecule has 0 saturated carbocycles. The first-order valence-corrected chi connectivity index (χ1v) is 5.50. The third-order valence-corrected chi connectivity index (χ3v) is 3.29. The van der Waals surface area contributed by atoms with Crippen molar-refractivity contribution < 1.29 is 0 Å². The van der Waals surface area contributed by atoms with Crippen molar-refractivity contribution in [3.05, 3.63) is 35.4 Å². The lowest BCUT2D eigenvalue weighted by atomic mass is 10.0. The molecule has 15 heavy (non-hydrogen) atoms. The molecule has 1 atom stereocenters. The normalized spacial score (nSPS) is 20.3. The number of likely N-dealkylation sites (N-methyl/N-ethyl adjacent to an activating group) is 1. The molecule has 2 heteroatoms. The molecule has 0 aromatic heterocycles. The molecular weight excluding hydrogens is 206 g/mol. The summed E-state index contributed by atoms with van der Waals surface area (Å²) in [6.45, 7) is 0. The summed E-state index contributed by atoms with van der Waals surface area (Å²) in [4.78, 5) is 2.36. The van der Waals surface area contributed by atoms with Crippen molar-refractivity contribution in [1.29, 1.82) is 0 Å². The number of hydrogen-bond acceptors (Lipinski definition) is 1. The molecule has 1 aromatic rings. The van der Waals surface area contributed by atoms with Crippen LogP contribution in [0.15, 0.2) is 24.3 Å². The molecule has 0 fully saturated rings. The highest BCUT2D eigenvalue weighted by Gasteiger charge is 2.17. The average Bonchev–Trinajstić information content (AvgIpc) is 2.39. The Bertz CT molecular complexity index is 309. The molecule has 0 N–H and O–H groups in total. The van der Waals surface area contributed by atoms with E-state index in [9.17, 15) is 0 Å². The van der Waals surface area contributed by atoms with Gasteiger partial charge in [0, 0.05) is 6.04 Å². The van der Waals surface area contributed by atoms with E-state index >= 15 is 0 Å².